The highest BCUT2D eigenvalue weighted by Gasteiger charge is 2.64. The third-order valence-electron chi connectivity index (χ3n) is 5.22. The van der Waals surface area contributed by atoms with Gasteiger partial charge in [-0.2, -0.15) is 0 Å². The van der Waals surface area contributed by atoms with E-state index in [1.807, 2.05) is 6.08 Å². The van der Waals surface area contributed by atoms with Crippen LogP contribution in [0.15, 0.2) is 33.9 Å². The van der Waals surface area contributed by atoms with Gasteiger partial charge in [0.25, 0.3) is 0 Å². The Morgan fingerprint density at radius 3 is 2.44 bits per heavy atom. The van der Waals surface area contributed by atoms with Crippen LogP contribution in [0.5, 0.6) is 0 Å². The normalized spacial score (nSPS) is 33.2. The van der Waals surface area contributed by atoms with E-state index in [1.54, 1.807) is 6.92 Å². The van der Waals surface area contributed by atoms with Crippen molar-refractivity contribution in [3.05, 3.63) is 33.9 Å². The third-order valence-corrected chi connectivity index (χ3v) is 5.22. The molecule has 1 spiro atoms. The number of fused-ring (bicyclic) bond motifs is 1. The molecule has 1 N–H and O–H groups in total. The topological polar surface area (TPSA) is 37.3 Å². The number of carbonyl (C=O) groups is 1. The molecule has 1 saturated carbocycles. The van der Waals surface area contributed by atoms with E-state index in [0.29, 0.717) is 0 Å². The molecule has 0 heterocycles. The number of ketones is 1. The Kier molecular flexibility index (Phi) is 2.14. The standard InChI is InChI=1S/C16H20O2/c1-5-11-9(2)8-12-13(11)10(3)16(6-7-16)15(4,18)14(12)17/h8,18H,5-7H2,1-4H3/t15-/m0/s1. The summed E-state index contributed by atoms with van der Waals surface area (Å²) < 4.78 is 0. The van der Waals surface area contributed by atoms with E-state index < -0.39 is 5.60 Å². The zero-order valence-corrected chi connectivity index (χ0v) is 11.6. The quantitative estimate of drug-likeness (QED) is 0.769. The van der Waals surface area contributed by atoms with Gasteiger partial charge in [-0.15, -0.1) is 0 Å². The van der Waals surface area contributed by atoms with Gasteiger partial charge in [0.15, 0.2) is 5.78 Å². The molecular weight excluding hydrogens is 224 g/mol. The van der Waals surface area contributed by atoms with Crippen molar-refractivity contribution in [3.8, 4) is 0 Å². The molecule has 18 heavy (non-hydrogen) atoms. The molecule has 0 aromatic carbocycles. The summed E-state index contributed by atoms with van der Waals surface area (Å²) >= 11 is 0. The van der Waals surface area contributed by atoms with Crippen molar-refractivity contribution in [2.45, 2.75) is 52.6 Å². The van der Waals surface area contributed by atoms with Gasteiger partial charge >= 0.3 is 0 Å². The van der Waals surface area contributed by atoms with Crippen molar-refractivity contribution in [1.29, 1.82) is 0 Å². The van der Waals surface area contributed by atoms with Crippen molar-refractivity contribution < 1.29 is 9.90 Å². The maximum atomic E-state index is 12.6. The molecule has 3 aliphatic carbocycles. The molecule has 0 saturated heterocycles. The van der Waals surface area contributed by atoms with E-state index in [9.17, 15) is 9.90 Å². The monoisotopic (exact) mass is 244 g/mol. The highest BCUT2D eigenvalue weighted by Crippen LogP contribution is 2.65. The van der Waals surface area contributed by atoms with Gasteiger partial charge in [-0.3, -0.25) is 4.79 Å². The summed E-state index contributed by atoms with van der Waals surface area (Å²) in [7, 11) is 0. The van der Waals surface area contributed by atoms with Gasteiger partial charge in [0.1, 0.15) is 5.60 Å². The molecule has 0 bridgehead atoms. The number of allylic oxidation sites excluding steroid dienone is 4. The Balaban J connectivity index is 2.28. The first-order chi connectivity index (χ1) is 8.37. The Morgan fingerprint density at radius 2 is 1.94 bits per heavy atom. The molecule has 2 nitrogen and oxygen atoms in total. The predicted molar refractivity (Wildman–Crippen MR) is 71.1 cm³/mol. The minimum absolute atomic E-state index is 0.0802. The molecule has 0 unspecified atom stereocenters. The summed E-state index contributed by atoms with van der Waals surface area (Å²) in [4.78, 5) is 12.6. The fraction of sp³-hybridized carbons (Fsp3) is 0.562. The molecule has 96 valence electrons. The number of hydrogen-bond donors (Lipinski definition) is 1. The van der Waals surface area contributed by atoms with Gasteiger partial charge in [0, 0.05) is 11.0 Å². The zero-order valence-electron chi connectivity index (χ0n) is 11.6. The number of aliphatic hydroxyl groups is 1. The van der Waals surface area contributed by atoms with Crippen molar-refractivity contribution in [1.82, 2.24) is 0 Å². The van der Waals surface area contributed by atoms with Gasteiger partial charge in [0.05, 0.1) is 0 Å². The Morgan fingerprint density at radius 1 is 1.33 bits per heavy atom. The second-order valence-electron chi connectivity index (χ2n) is 6.06. The Labute approximate surface area is 108 Å². The zero-order chi connectivity index (χ0) is 13.3. The van der Waals surface area contributed by atoms with Crippen LogP contribution in [0.1, 0.15) is 47.0 Å². The minimum Gasteiger partial charge on any atom is -0.381 e. The summed E-state index contributed by atoms with van der Waals surface area (Å²) in [6.07, 6.45) is 4.78. The summed E-state index contributed by atoms with van der Waals surface area (Å²) in [6.45, 7) is 7.99. The van der Waals surface area contributed by atoms with Crippen LogP contribution in [0.2, 0.25) is 0 Å². The first-order valence-electron chi connectivity index (χ1n) is 6.77. The van der Waals surface area contributed by atoms with Crippen LogP contribution in [0, 0.1) is 5.41 Å². The average molecular weight is 244 g/mol. The van der Waals surface area contributed by atoms with E-state index >= 15 is 0 Å². The van der Waals surface area contributed by atoms with Crippen LogP contribution in [0.3, 0.4) is 0 Å². The van der Waals surface area contributed by atoms with Crippen molar-refractivity contribution in [2.24, 2.45) is 5.41 Å². The first-order valence-corrected chi connectivity index (χ1v) is 6.77. The number of rotatable bonds is 1. The molecular formula is C16H20O2. The molecule has 3 rings (SSSR count). The first kappa shape index (κ1) is 11.9. The van der Waals surface area contributed by atoms with Gasteiger partial charge in [-0.25, -0.2) is 0 Å². The van der Waals surface area contributed by atoms with Gasteiger partial charge in [-0.05, 0) is 62.8 Å². The van der Waals surface area contributed by atoms with E-state index in [4.69, 9.17) is 0 Å². The molecule has 3 aliphatic rings. The lowest BCUT2D eigenvalue weighted by Gasteiger charge is -2.39. The highest BCUT2D eigenvalue weighted by molar-refractivity contribution is 6.10. The summed E-state index contributed by atoms with van der Waals surface area (Å²) in [5, 5.41) is 10.7. The summed E-state index contributed by atoms with van der Waals surface area (Å²) in [5.41, 5.74) is 4.10. The molecule has 1 atom stereocenters. The van der Waals surface area contributed by atoms with E-state index in [-0.39, 0.29) is 11.2 Å². The lowest BCUT2D eigenvalue weighted by molar-refractivity contribution is -0.137. The molecule has 2 heteroatoms. The average Bonchev–Trinajstić information content (AvgIpc) is 3.06. The number of Topliss-reactive ketones (excluding diaryl/α,β-unsaturated/α-hetero) is 1. The minimum atomic E-state index is -1.21. The Bertz CT molecular complexity index is 552. The van der Waals surface area contributed by atoms with Gasteiger partial charge < -0.3 is 5.11 Å². The van der Waals surface area contributed by atoms with Crippen LogP contribution < -0.4 is 0 Å². The molecule has 0 amide bonds. The van der Waals surface area contributed by atoms with Crippen molar-refractivity contribution in [3.63, 3.8) is 0 Å². The predicted octanol–water partition coefficient (Wildman–Crippen LogP) is 3.08. The van der Waals surface area contributed by atoms with Crippen LogP contribution in [0.4, 0.5) is 0 Å². The number of hydrogen-bond acceptors (Lipinski definition) is 2. The van der Waals surface area contributed by atoms with Crippen LogP contribution in [-0.4, -0.2) is 16.5 Å². The fourth-order valence-corrected chi connectivity index (χ4v) is 3.87. The molecule has 0 aliphatic heterocycles. The third kappa shape index (κ3) is 1.10. The maximum absolute atomic E-state index is 12.6. The fourth-order valence-electron chi connectivity index (χ4n) is 3.87. The summed E-state index contributed by atoms with van der Waals surface area (Å²) in [6, 6.07) is 0. The van der Waals surface area contributed by atoms with Crippen LogP contribution in [0.25, 0.3) is 0 Å². The van der Waals surface area contributed by atoms with Crippen LogP contribution in [-0.2, 0) is 4.79 Å². The largest absolute Gasteiger partial charge is 0.381 e. The van der Waals surface area contributed by atoms with Crippen LogP contribution >= 0.6 is 0 Å². The number of carbonyl (C=O) groups excluding carboxylic acids is 1. The Hall–Kier alpha value is -1.15. The smallest absolute Gasteiger partial charge is 0.195 e. The van der Waals surface area contributed by atoms with E-state index in [1.165, 1.54) is 16.7 Å². The lowest BCUT2D eigenvalue weighted by Crippen LogP contribution is -2.49. The SMILES string of the molecule is CCC1=C(C)C=C2C(=O)[C@](C)(O)C3(CC3)C(C)=C21. The van der Waals surface area contributed by atoms with E-state index in [2.05, 4.69) is 20.8 Å². The summed E-state index contributed by atoms with van der Waals surface area (Å²) in [5.74, 6) is -0.0802. The van der Waals surface area contributed by atoms with Gasteiger partial charge in [0.2, 0.25) is 0 Å². The second kappa shape index (κ2) is 3.24. The highest BCUT2D eigenvalue weighted by atomic mass is 16.3. The molecule has 0 radical (unpaired) electrons. The maximum Gasteiger partial charge on any atom is 0.195 e. The lowest BCUT2D eigenvalue weighted by atomic mass is 9.67. The van der Waals surface area contributed by atoms with Gasteiger partial charge in [-0.1, -0.05) is 12.5 Å². The molecule has 1 fully saturated rings. The second-order valence-corrected chi connectivity index (χ2v) is 6.06. The van der Waals surface area contributed by atoms with Crippen molar-refractivity contribution in [2.75, 3.05) is 0 Å². The van der Waals surface area contributed by atoms with Crippen molar-refractivity contribution >= 4 is 5.78 Å². The van der Waals surface area contributed by atoms with E-state index in [0.717, 1.165) is 30.4 Å². The molecule has 0 aromatic heterocycles. The molecule has 0 aromatic rings.